The molecule has 0 radical (unpaired) electrons. The summed E-state index contributed by atoms with van der Waals surface area (Å²) in [7, 11) is 0. The Balaban J connectivity index is 2.16. The van der Waals surface area contributed by atoms with Gasteiger partial charge in [-0.05, 0) is 39.8 Å². The zero-order valence-corrected chi connectivity index (χ0v) is 15.0. The number of aromatic nitrogens is 1. The highest BCUT2D eigenvalue weighted by Crippen LogP contribution is 2.25. The van der Waals surface area contributed by atoms with Gasteiger partial charge in [0.25, 0.3) is 0 Å². The van der Waals surface area contributed by atoms with Crippen LogP contribution >= 0.6 is 11.3 Å². The fourth-order valence-corrected chi connectivity index (χ4v) is 2.90. The molecule has 0 saturated heterocycles. The molecule has 0 amide bonds. The third kappa shape index (κ3) is 4.69. The minimum atomic E-state index is 0.627. The van der Waals surface area contributed by atoms with Gasteiger partial charge in [0, 0.05) is 35.8 Å². The maximum atomic E-state index is 5.76. The minimum Gasteiger partial charge on any atom is -0.493 e. The van der Waals surface area contributed by atoms with Gasteiger partial charge in [0.05, 0.1) is 18.5 Å². The van der Waals surface area contributed by atoms with E-state index in [0.29, 0.717) is 6.61 Å². The van der Waals surface area contributed by atoms with Crippen molar-refractivity contribution in [2.45, 2.75) is 27.7 Å². The number of nitrogens with one attached hydrogen (secondary N) is 1. The standard InChI is InChI=1S/C17H24N4OS/c1-5-21(6-2)15-9-8-14(16(10-15)22-7-3)11-18-20-17-19-13(4)12-23-17/h8-12H,5-7H2,1-4H3,(H,19,20). The molecule has 1 aromatic carbocycles. The van der Waals surface area contributed by atoms with Crippen molar-refractivity contribution < 1.29 is 4.74 Å². The molecule has 0 aliphatic carbocycles. The van der Waals surface area contributed by atoms with Crippen molar-refractivity contribution in [1.82, 2.24) is 4.98 Å². The molecular formula is C17H24N4OS. The van der Waals surface area contributed by atoms with Crippen molar-refractivity contribution in [2.24, 2.45) is 5.10 Å². The number of aryl methyl sites for hydroxylation is 1. The zero-order valence-electron chi connectivity index (χ0n) is 14.2. The van der Waals surface area contributed by atoms with E-state index in [1.807, 2.05) is 25.3 Å². The second-order valence-corrected chi connectivity index (χ2v) is 5.85. The first-order valence-corrected chi connectivity index (χ1v) is 8.78. The predicted molar refractivity (Wildman–Crippen MR) is 99.2 cm³/mol. The van der Waals surface area contributed by atoms with Crippen molar-refractivity contribution in [2.75, 3.05) is 30.0 Å². The Kier molecular flexibility index (Phi) is 6.40. The SMILES string of the molecule is CCOc1cc(N(CC)CC)ccc1C=NNc1nc(C)cs1. The quantitative estimate of drug-likeness (QED) is 0.583. The van der Waals surface area contributed by atoms with Crippen LogP contribution in [0.5, 0.6) is 5.75 Å². The Morgan fingerprint density at radius 1 is 1.30 bits per heavy atom. The molecule has 1 N–H and O–H groups in total. The Morgan fingerprint density at radius 3 is 2.70 bits per heavy atom. The second-order valence-electron chi connectivity index (χ2n) is 4.99. The van der Waals surface area contributed by atoms with E-state index in [4.69, 9.17) is 4.74 Å². The summed E-state index contributed by atoms with van der Waals surface area (Å²) in [5, 5.41) is 7.04. The van der Waals surface area contributed by atoms with Crippen molar-refractivity contribution >= 4 is 28.4 Å². The van der Waals surface area contributed by atoms with Crippen LogP contribution in [-0.2, 0) is 0 Å². The summed E-state index contributed by atoms with van der Waals surface area (Å²) in [6.07, 6.45) is 1.77. The third-order valence-electron chi connectivity index (χ3n) is 3.41. The van der Waals surface area contributed by atoms with Gasteiger partial charge in [-0.15, -0.1) is 11.3 Å². The van der Waals surface area contributed by atoms with Gasteiger partial charge in [-0.2, -0.15) is 5.10 Å². The molecule has 0 atom stereocenters. The molecule has 0 unspecified atom stereocenters. The summed E-state index contributed by atoms with van der Waals surface area (Å²) in [6.45, 7) is 10.8. The lowest BCUT2D eigenvalue weighted by Gasteiger charge is -2.22. The van der Waals surface area contributed by atoms with Gasteiger partial charge in [0.2, 0.25) is 5.13 Å². The summed E-state index contributed by atoms with van der Waals surface area (Å²) >= 11 is 1.54. The summed E-state index contributed by atoms with van der Waals surface area (Å²) in [5.41, 5.74) is 6.06. The molecule has 2 rings (SSSR count). The lowest BCUT2D eigenvalue weighted by atomic mass is 10.2. The minimum absolute atomic E-state index is 0.627. The highest BCUT2D eigenvalue weighted by atomic mass is 32.1. The summed E-state index contributed by atoms with van der Waals surface area (Å²) in [4.78, 5) is 6.61. The maximum absolute atomic E-state index is 5.76. The Morgan fingerprint density at radius 2 is 2.09 bits per heavy atom. The van der Waals surface area contributed by atoms with Gasteiger partial charge in [-0.1, -0.05) is 0 Å². The van der Waals surface area contributed by atoms with Gasteiger partial charge in [-0.25, -0.2) is 4.98 Å². The molecule has 5 nitrogen and oxygen atoms in total. The Hall–Kier alpha value is -2.08. The summed E-state index contributed by atoms with van der Waals surface area (Å²) < 4.78 is 5.76. The Labute approximate surface area is 142 Å². The number of rotatable bonds is 8. The number of hydrogen-bond donors (Lipinski definition) is 1. The molecule has 124 valence electrons. The number of benzene rings is 1. The molecule has 1 aromatic heterocycles. The normalized spacial score (nSPS) is 11.0. The van der Waals surface area contributed by atoms with Crippen LogP contribution in [0.3, 0.4) is 0 Å². The summed E-state index contributed by atoms with van der Waals surface area (Å²) in [5.74, 6) is 0.845. The monoisotopic (exact) mass is 332 g/mol. The van der Waals surface area contributed by atoms with Gasteiger partial charge in [0.1, 0.15) is 5.75 Å². The smallest absolute Gasteiger partial charge is 0.203 e. The van der Waals surface area contributed by atoms with Crippen LogP contribution in [0, 0.1) is 6.92 Å². The van der Waals surface area contributed by atoms with Crippen molar-refractivity contribution in [3.63, 3.8) is 0 Å². The van der Waals surface area contributed by atoms with E-state index in [1.165, 1.54) is 17.0 Å². The number of thiazole rings is 1. The number of anilines is 2. The van der Waals surface area contributed by atoms with Gasteiger partial charge >= 0.3 is 0 Å². The van der Waals surface area contributed by atoms with Crippen LogP contribution in [-0.4, -0.2) is 30.9 Å². The van der Waals surface area contributed by atoms with Crippen LogP contribution < -0.4 is 15.1 Å². The van der Waals surface area contributed by atoms with Gasteiger partial charge in [0.15, 0.2) is 0 Å². The fourth-order valence-electron chi connectivity index (χ4n) is 2.26. The number of nitrogens with zero attached hydrogens (tertiary/aromatic N) is 3. The number of hydrazone groups is 1. The zero-order chi connectivity index (χ0) is 16.7. The molecule has 0 bridgehead atoms. The first kappa shape index (κ1) is 17.3. The molecule has 6 heteroatoms. The van der Waals surface area contributed by atoms with E-state index in [1.54, 1.807) is 6.21 Å². The average molecular weight is 332 g/mol. The van der Waals surface area contributed by atoms with Crippen LogP contribution in [0.1, 0.15) is 32.0 Å². The second kappa shape index (κ2) is 8.53. The van der Waals surface area contributed by atoms with Gasteiger partial charge in [-0.3, -0.25) is 5.43 Å². The third-order valence-corrected chi connectivity index (χ3v) is 4.27. The van der Waals surface area contributed by atoms with E-state index in [0.717, 1.165) is 35.2 Å². The number of hydrogen-bond acceptors (Lipinski definition) is 6. The molecule has 0 aliphatic rings. The van der Waals surface area contributed by atoms with E-state index in [-0.39, 0.29) is 0 Å². The number of ether oxygens (including phenoxy) is 1. The van der Waals surface area contributed by atoms with Crippen LogP contribution in [0.25, 0.3) is 0 Å². The topological polar surface area (TPSA) is 49.8 Å². The lowest BCUT2D eigenvalue weighted by Crippen LogP contribution is -2.21. The fraction of sp³-hybridized carbons (Fsp3) is 0.412. The van der Waals surface area contributed by atoms with E-state index in [9.17, 15) is 0 Å². The van der Waals surface area contributed by atoms with Crippen molar-refractivity contribution in [3.8, 4) is 5.75 Å². The van der Waals surface area contributed by atoms with Crippen molar-refractivity contribution in [1.29, 1.82) is 0 Å². The molecule has 0 aliphatic heterocycles. The molecular weight excluding hydrogens is 308 g/mol. The molecule has 2 aromatic rings. The highest BCUT2D eigenvalue weighted by molar-refractivity contribution is 7.13. The van der Waals surface area contributed by atoms with Crippen molar-refractivity contribution in [3.05, 3.63) is 34.8 Å². The first-order chi connectivity index (χ1) is 11.2. The highest BCUT2D eigenvalue weighted by Gasteiger charge is 2.07. The first-order valence-electron chi connectivity index (χ1n) is 7.90. The molecule has 1 heterocycles. The van der Waals surface area contributed by atoms with Crippen LogP contribution in [0.2, 0.25) is 0 Å². The maximum Gasteiger partial charge on any atom is 0.203 e. The van der Waals surface area contributed by atoms with Gasteiger partial charge < -0.3 is 9.64 Å². The summed E-state index contributed by atoms with van der Waals surface area (Å²) in [6, 6.07) is 6.22. The molecule has 0 saturated carbocycles. The predicted octanol–water partition coefficient (Wildman–Crippen LogP) is 4.14. The average Bonchev–Trinajstić information content (AvgIpc) is 2.96. The Bertz CT molecular complexity index is 650. The van der Waals surface area contributed by atoms with E-state index >= 15 is 0 Å². The lowest BCUT2D eigenvalue weighted by molar-refractivity contribution is 0.340. The molecule has 0 fully saturated rings. The van der Waals surface area contributed by atoms with E-state index in [2.05, 4.69) is 46.4 Å². The van der Waals surface area contributed by atoms with E-state index < -0.39 is 0 Å². The molecule has 23 heavy (non-hydrogen) atoms. The molecule has 0 spiro atoms. The van der Waals surface area contributed by atoms with Crippen LogP contribution in [0.4, 0.5) is 10.8 Å². The largest absolute Gasteiger partial charge is 0.493 e. The van der Waals surface area contributed by atoms with Crippen LogP contribution in [0.15, 0.2) is 28.7 Å².